The van der Waals surface area contributed by atoms with Crippen molar-refractivity contribution in [1.82, 2.24) is 4.72 Å². The number of para-hydroxylation sites is 1. The highest BCUT2D eigenvalue weighted by molar-refractivity contribution is 7.98. The third-order valence-corrected chi connectivity index (χ3v) is 4.77. The van der Waals surface area contributed by atoms with Crippen LogP contribution >= 0.6 is 11.9 Å². The van der Waals surface area contributed by atoms with E-state index in [2.05, 4.69) is 16.6 Å². The molecule has 27 heavy (non-hydrogen) atoms. The first-order valence-electron chi connectivity index (χ1n) is 8.73. The van der Waals surface area contributed by atoms with Gasteiger partial charge in [0, 0.05) is 12.3 Å². The average Bonchev–Trinajstić information content (AvgIpc) is 3.46. The number of carbonyl (C=O) groups is 3. The van der Waals surface area contributed by atoms with E-state index in [1.807, 2.05) is 12.1 Å². The Morgan fingerprint density at radius 1 is 1.22 bits per heavy atom. The number of carbonyl (C=O) groups excluding carboxylic acids is 3. The molecule has 1 aromatic carbocycles. The van der Waals surface area contributed by atoms with E-state index in [1.54, 1.807) is 18.2 Å². The van der Waals surface area contributed by atoms with E-state index in [4.69, 9.17) is 9.47 Å². The minimum Gasteiger partial charge on any atom is -0.379 e. The Bertz CT molecular complexity index is 667. The molecule has 8 heteroatoms. The number of rotatable bonds is 13. The van der Waals surface area contributed by atoms with Crippen molar-refractivity contribution in [1.29, 1.82) is 0 Å². The Hall–Kier alpha value is -2.16. The van der Waals surface area contributed by atoms with Gasteiger partial charge in [0.2, 0.25) is 11.8 Å². The van der Waals surface area contributed by atoms with Crippen LogP contribution in [0, 0.1) is 11.8 Å². The Morgan fingerprint density at radius 2 is 2.00 bits per heavy atom. The summed E-state index contributed by atoms with van der Waals surface area (Å²) in [7, 11) is 0. The van der Waals surface area contributed by atoms with E-state index in [0.717, 1.165) is 17.6 Å². The second-order valence-electron chi connectivity index (χ2n) is 5.97. The standard InChI is InChI=1S/C19H24N2O5S/c1-2-14-12-15(14)19(24)21-27-17-7-4-3-6-16(17)20-18(23)13-26-11-10-25-9-5-8-22/h2-4,6-8,14-15H,1,5,9-13H2,(H,20,23)(H,21,24)/t14-,15?/m1/s1. The molecule has 1 saturated carbocycles. The molecule has 2 N–H and O–H groups in total. The van der Waals surface area contributed by atoms with Crippen LogP contribution in [-0.4, -0.2) is 44.5 Å². The molecular formula is C19H24N2O5S. The molecular weight excluding hydrogens is 368 g/mol. The van der Waals surface area contributed by atoms with Crippen molar-refractivity contribution in [3.63, 3.8) is 0 Å². The second kappa shape index (κ2) is 11.5. The smallest absolute Gasteiger partial charge is 0.250 e. The van der Waals surface area contributed by atoms with Gasteiger partial charge in [0.05, 0.1) is 30.4 Å². The summed E-state index contributed by atoms with van der Waals surface area (Å²) in [4.78, 5) is 34.9. The fourth-order valence-corrected chi connectivity index (χ4v) is 3.06. The van der Waals surface area contributed by atoms with Crippen LogP contribution in [0.4, 0.5) is 5.69 Å². The minimum absolute atomic E-state index is 0.00101. The third kappa shape index (κ3) is 7.54. The van der Waals surface area contributed by atoms with Gasteiger partial charge in [-0.05, 0) is 36.4 Å². The van der Waals surface area contributed by atoms with Gasteiger partial charge in [-0.15, -0.1) is 6.58 Å². The molecule has 146 valence electrons. The van der Waals surface area contributed by atoms with Crippen LogP contribution in [0.15, 0.2) is 41.8 Å². The molecule has 2 rings (SSSR count). The molecule has 1 aromatic rings. The van der Waals surface area contributed by atoms with Crippen LogP contribution in [0.2, 0.25) is 0 Å². The van der Waals surface area contributed by atoms with Gasteiger partial charge in [-0.1, -0.05) is 18.2 Å². The van der Waals surface area contributed by atoms with E-state index in [-0.39, 0.29) is 36.9 Å². The van der Waals surface area contributed by atoms with Gasteiger partial charge in [0.1, 0.15) is 12.9 Å². The summed E-state index contributed by atoms with van der Waals surface area (Å²) >= 11 is 1.18. The summed E-state index contributed by atoms with van der Waals surface area (Å²) in [5, 5.41) is 2.77. The number of allylic oxidation sites excluding steroid dienone is 1. The zero-order valence-corrected chi connectivity index (χ0v) is 15.8. The van der Waals surface area contributed by atoms with Gasteiger partial charge < -0.3 is 19.6 Å². The molecule has 1 fully saturated rings. The minimum atomic E-state index is -0.295. The lowest BCUT2D eigenvalue weighted by atomic mass is 10.3. The molecule has 0 radical (unpaired) electrons. The van der Waals surface area contributed by atoms with Crippen molar-refractivity contribution in [3.05, 3.63) is 36.9 Å². The number of benzene rings is 1. The average molecular weight is 392 g/mol. The van der Waals surface area contributed by atoms with Gasteiger partial charge in [0.15, 0.2) is 0 Å². The lowest BCUT2D eigenvalue weighted by Crippen LogP contribution is -2.21. The maximum Gasteiger partial charge on any atom is 0.250 e. The summed E-state index contributed by atoms with van der Waals surface area (Å²) in [6.45, 7) is 4.54. The van der Waals surface area contributed by atoms with Crippen molar-refractivity contribution in [2.75, 3.05) is 31.7 Å². The van der Waals surface area contributed by atoms with Crippen LogP contribution in [0.1, 0.15) is 12.8 Å². The molecule has 0 aromatic heterocycles. The molecule has 2 atom stereocenters. The van der Waals surface area contributed by atoms with E-state index >= 15 is 0 Å². The van der Waals surface area contributed by atoms with Crippen LogP contribution in [0.3, 0.4) is 0 Å². The van der Waals surface area contributed by atoms with Crippen molar-refractivity contribution in [2.45, 2.75) is 17.7 Å². The number of aldehydes is 1. The summed E-state index contributed by atoms with van der Waals surface area (Å²) in [6, 6.07) is 7.22. The summed E-state index contributed by atoms with van der Waals surface area (Å²) < 4.78 is 13.2. The lowest BCUT2D eigenvalue weighted by molar-refractivity contribution is -0.121. The van der Waals surface area contributed by atoms with Crippen molar-refractivity contribution < 1.29 is 23.9 Å². The lowest BCUT2D eigenvalue weighted by Gasteiger charge is -2.11. The van der Waals surface area contributed by atoms with Crippen LogP contribution < -0.4 is 10.0 Å². The molecule has 0 spiro atoms. The Kier molecular flexibility index (Phi) is 9.03. The Morgan fingerprint density at radius 3 is 2.74 bits per heavy atom. The van der Waals surface area contributed by atoms with Gasteiger partial charge in [-0.3, -0.25) is 14.3 Å². The van der Waals surface area contributed by atoms with Crippen molar-refractivity contribution in [3.8, 4) is 0 Å². The molecule has 1 aliphatic carbocycles. The van der Waals surface area contributed by atoms with Crippen molar-refractivity contribution >= 4 is 35.7 Å². The monoisotopic (exact) mass is 392 g/mol. The normalized spacial score (nSPS) is 17.8. The van der Waals surface area contributed by atoms with Crippen LogP contribution in [0.25, 0.3) is 0 Å². The highest BCUT2D eigenvalue weighted by Gasteiger charge is 2.40. The number of nitrogens with one attached hydrogen (secondary N) is 2. The molecule has 7 nitrogen and oxygen atoms in total. The summed E-state index contributed by atoms with van der Waals surface area (Å²) in [5.74, 6) is -0.0564. The molecule has 1 unspecified atom stereocenters. The maximum absolute atomic E-state index is 12.0. The molecule has 1 aliphatic rings. The number of amides is 2. The van der Waals surface area contributed by atoms with Crippen LogP contribution in [-0.2, 0) is 23.9 Å². The molecule has 0 saturated heterocycles. The van der Waals surface area contributed by atoms with Crippen LogP contribution in [0.5, 0.6) is 0 Å². The van der Waals surface area contributed by atoms with E-state index in [0.29, 0.717) is 25.3 Å². The third-order valence-electron chi connectivity index (χ3n) is 3.89. The first-order valence-corrected chi connectivity index (χ1v) is 9.54. The maximum atomic E-state index is 12.0. The second-order valence-corrected chi connectivity index (χ2v) is 6.82. The van der Waals surface area contributed by atoms with Gasteiger partial charge >= 0.3 is 0 Å². The molecule has 0 heterocycles. The van der Waals surface area contributed by atoms with E-state index in [1.165, 1.54) is 11.9 Å². The number of hydrogen-bond acceptors (Lipinski definition) is 6. The fourth-order valence-electron chi connectivity index (χ4n) is 2.32. The first kappa shape index (κ1) is 21.1. The fraction of sp³-hybridized carbons (Fsp3) is 0.421. The predicted molar refractivity (Wildman–Crippen MR) is 103 cm³/mol. The quantitative estimate of drug-likeness (QED) is 0.231. The number of ether oxygens (including phenoxy) is 2. The van der Waals surface area contributed by atoms with E-state index in [9.17, 15) is 14.4 Å². The van der Waals surface area contributed by atoms with Gasteiger partial charge in [-0.25, -0.2) is 0 Å². The zero-order chi connectivity index (χ0) is 19.5. The highest BCUT2D eigenvalue weighted by Crippen LogP contribution is 2.40. The number of hydrogen-bond donors (Lipinski definition) is 2. The summed E-state index contributed by atoms with van der Waals surface area (Å²) in [5.41, 5.74) is 0.606. The molecule has 2 amide bonds. The van der Waals surface area contributed by atoms with Gasteiger partial charge in [-0.2, -0.15) is 0 Å². The number of anilines is 1. The van der Waals surface area contributed by atoms with Crippen molar-refractivity contribution in [2.24, 2.45) is 11.8 Å². The highest BCUT2D eigenvalue weighted by atomic mass is 32.2. The Balaban J connectivity index is 1.71. The Labute approximate surface area is 163 Å². The molecule has 0 aliphatic heterocycles. The predicted octanol–water partition coefficient (Wildman–Crippen LogP) is 2.19. The van der Waals surface area contributed by atoms with E-state index < -0.39 is 0 Å². The summed E-state index contributed by atoms with van der Waals surface area (Å²) in [6.07, 6.45) is 3.77. The van der Waals surface area contributed by atoms with Gasteiger partial charge in [0.25, 0.3) is 0 Å². The molecule has 0 bridgehead atoms. The topological polar surface area (TPSA) is 93.7 Å². The SMILES string of the molecule is C=C[C@@H]1CC1C(=O)NSc1ccccc1NC(=O)COCCOCCC=O. The zero-order valence-electron chi connectivity index (χ0n) is 15.0. The largest absolute Gasteiger partial charge is 0.379 e. The first-order chi connectivity index (χ1) is 13.2.